The van der Waals surface area contributed by atoms with E-state index in [4.69, 9.17) is 10.5 Å². The molecule has 0 bridgehead atoms. The van der Waals surface area contributed by atoms with Gasteiger partial charge in [-0.3, -0.25) is 14.7 Å². The Morgan fingerprint density at radius 1 is 1.09 bits per heavy atom. The van der Waals surface area contributed by atoms with Crippen molar-refractivity contribution < 1.29 is 14.3 Å². The summed E-state index contributed by atoms with van der Waals surface area (Å²) in [6.45, 7) is 1.73. The monoisotopic (exact) mass is 431 g/mol. The summed E-state index contributed by atoms with van der Waals surface area (Å²) in [5, 5.41) is 5.99. The molecule has 2 heterocycles. The van der Waals surface area contributed by atoms with Gasteiger partial charge in [-0.25, -0.2) is 4.79 Å². The van der Waals surface area contributed by atoms with Gasteiger partial charge >= 0.3 is 6.09 Å². The molecule has 1 unspecified atom stereocenters. The number of pyridine rings is 1. The standard InChI is InChI=1S/C24H25N5O3/c25-21-6-1-2-7-22(21)28-23(30)17-8-10-19(11-9-17)29(16-18-5-3-4-13-27-18)24(31)32-20-12-14-26-15-20/h1-11,13,20,26H,12,14-16,25H2,(H,28,30). The minimum Gasteiger partial charge on any atom is -0.444 e. The second-order valence-electron chi connectivity index (χ2n) is 7.49. The molecule has 0 spiro atoms. The van der Waals surface area contributed by atoms with E-state index in [0.29, 0.717) is 29.2 Å². The normalized spacial score (nSPS) is 15.2. The topological polar surface area (TPSA) is 110 Å². The Morgan fingerprint density at radius 2 is 1.88 bits per heavy atom. The highest BCUT2D eigenvalue weighted by atomic mass is 16.6. The number of nitrogens with zero attached hydrogens (tertiary/aromatic N) is 2. The van der Waals surface area contributed by atoms with E-state index in [1.54, 1.807) is 54.7 Å². The number of nitrogens with two attached hydrogens (primary N) is 1. The third kappa shape index (κ3) is 5.22. The second-order valence-corrected chi connectivity index (χ2v) is 7.49. The van der Waals surface area contributed by atoms with Gasteiger partial charge in [0.25, 0.3) is 5.91 Å². The number of hydrogen-bond acceptors (Lipinski definition) is 6. The smallest absolute Gasteiger partial charge is 0.414 e. The lowest BCUT2D eigenvalue weighted by Crippen LogP contribution is -2.35. The Hall–Kier alpha value is -3.91. The maximum Gasteiger partial charge on any atom is 0.414 e. The van der Waals surface area contributed by atoms with Gasteiger partial charge < -0.3 is 21.1 Å². The zero-order chi connectivity index (χ0) is 22.3. The van der Waals surface area contributed by atoms with Gasteiger partial charge in [0.1, 0.15) is 6.10 Å². The van der Waals surface area contributed by atoms with Crippen molar-refractivity contribution in [3.05, 3.63) is 84.2 Å². The summed E-state index contributed by atoms with van der Waals surface area (Å²) in [5.41, 5.74) is 8.73. The summed E-state index contributed by atoms with van der Waals surface area (Å²) in [6.07, 6.45) is 1.86. The van der Waals surface area contributed by atoms with Gasteiger partial charge in [-0.15, -0.1) is 0 Å². The van der Waals surface area contributed by atoms with Crippen LogP contribution in [0.25, 0.3) is 0 Å². The van der Waals surface area contributed by atoms with Gasteiger partial charge in [0.2, 0.25) is 0 Å². The maximum atomic E-state index is 13.0. The SMILES string of the molecule is Nc1ccccc1NC(=O)c1ccc(N(Cc2ccccn2)C(=O)OC2CCNC2)cc1. The number of benzene rings is 2. The first-order valence-electron chi connectivity index (χ1n) is 10.4. The molecular formula is C24H25N5O3. The van der Waals surface area contributed by atoms with Crippen LogP contribution in [0.1, 0.15) is 22.5 Å². The lowest BCUT2D eigenvalue weighted by Gasteiger charge is -2.24. The number of aromatic nitrogens is 1. The molecule has 1 aliphatic heterocycles. The van der Waals surface area contributed by atoms with Crippen molar-refractivity contribution in [2.45, 2.75) is 19.1 Å². The van der Waals surface area contributed by atoms with E-state index in [-0.39, 0.29) is 18.6 Å². The Bertz CT molecular complexity index is 1070. The summed E-state index contributed by atoms with van der Waals surface area (Å²) in [7, 11) is 0. The van der Waals surface area contributed by atoms with Crippen LogP contribution in [0.4, 0.5) is 21.9 Å². The number of nitrogens with one attached hydrogen (secondary N) is 2. The molecule has 8 nitrogen and oxygen atoms in total. The van der Waals surface area contributed by atoms with E-state index in [1.165, 1.54) is 4.90 Å². The first-order valence-corrected chi connectivity index (χ1v) is 10.4. The van der Waals surface area contributed by atoms with Gasteiger partial charge in [0, 0.05) is 24.0 Å². The minimum atomic E-state index is -0.446. The van der Waals surface area contributed by atoms with Crippen LogP contribution in [0.5, 0.6) is 0 Å². The van der Waals surface area contributed by atoms with Crippen LogP contribution in [0.2, 0.25) is 0 Å². The number of hydrogen-bond donors (Lipinski definition) is 3. The number of ether oxygens (including phenoxy) is 1. The van der Waals surface area contributed by atoms with Crippen LogP contribution < -0.4 is 21.3 Å². The van der Waals surface area contributed by atoms with E-state index in [9.17, 15) is 9.59 Å². The van der Waals surface area contributed by atoms with Crippen LogP contribution >= 0.6 is 0 Å². The van der Waals surface area contributed by atoms with Crippen molar-refractivity contribution in [3.8, 4) is 0 Å². The Morgan fingerprint density at radius 3 is 2.56 bits per heavy atom. The van der Waals surface area contributed by atoms with Gasteiger partial charge in [-0.05, 0) is 61.5 Å². The summed E-state index contributed by atoms with van der Waals surface area (Å²) in [6, 6.07) is 19.4. The molecule has 32 heavy (non-hydrogen) atoms. The molecular weight excluding hydrogens is 406 g/mol. The van der Waals surface area contributed by atoms with Crippen molar-refractivity contribution in [2.24, 2.45) is 0 Å². The van der Waals surface area contributed by atoms with Crippen molar-refractivity contribution >= 4 is 29.1 Å². The van der Waals surface area contributed by atoms with Gasteiger partial charge in [-0.1, -0.05) is 18.2 Å². The van der Waals surface area contributed by atoms with E-state index >= 15 is 0 Å². The first kappa shape index (κ1) is 21.3. The predicted octanol–water partition coefficient (Wildman–Crippen LogP) is 3.42. The highest BCUT2D eigenvalue weighted by Gasteiger charge is 2.24. The average molecular weight is 431 g/mol. The molecule has 4 rings (SSSR count). The first-order chi connectivity index (χ1) is 15.6. The van der Waals surface area contributed by atoms with E-state index in [0.717, 1.165) is 18.7 Å². The van der Waals surface area contributed by atoms with Crippen molar-refractivity contribution in [3.63, 3.8) is 0 Å². The number of carbonyl (C=O) groups is 2. The van der Waals surface area contributed by atoms with Crippen LogP contribution in [0, 0.1) is 0 Å². The van der Waals surface area contributed by atoms with E-state index in [1.807, 2.05) is 18.2 Å². The molecule has 164 valence electrons. The summed E-state index contributed by atoms with van der Waals surface area (Å²) >= 11 is 0. The maximum absolute atomic E-state index is 13.0. The number of nitrogen functional groups attached to an aromatic ring is 1. The molecule has 1 aliphatic rings. The fraction of sp³-hybridized carbons (Fsp3) is 0.208. The van der Waals surface area contributed by atoms with E-state index < -0.39 is 6.09 Å². The Kier molecular flexibility index (Phi) is 6.62. The Labute approximate surface area is 186 Å². The second kappa shape index (κ2) is 9.93. The van der Waals surface area contributed by atoms with Crippen molar-refractivity contribution in [1.82, 2.24) is 10.3 Å². The molecule has 0 aliphatic carbocycles. The van der Waals surface area contributed by atoms with Crippen molar-refractivity contribution in [1.29, 1.82) is 0 Å². The fourth-order valence-electron chi connectivity index (χ4n) is 3.45. The molecule has 1 saturated heterocycles. The Balaban J connectivity index is 1.51. The fourth-order valence-corrected chi connectivity index (χ4v) is 3.45. The molecule has 0 saturated carbocycles. The van der Waals surface area contributed by atoms with Gasteiger partial charge in [0.05, 0.1) is 23.6 Å². The predicted molar refractivity (Wildman–Crippen MR) is 123 cm³/mol. The third-order valence-electron chi connectivity index (χ3n) is 5.20. The van der Waals surface area contributed by atoms with Crippen LogP contribution in [-0.4, -0.2) is 36.2 Å². The molecule has 1 fully saturated rings. The van der Waals surface area contributed by atoms with Crippen LogP contribution in [0.15, 0.2) is 72.9 Å². The summed E-state index contributed by atoms with van der Waals surface area (Å²) in [4.78, 5) is 31.4. The van der Waals surface area contributed by atoms with Crippen LogP contribution in [-0.2, 0) is 11.3 Å². The van der Waals surface area contributed by atoms with Crippen molar-refractivity contribution in [2.75, 3.05) is 29.0 Å². The lowest BCUT2D eigenvalue weighted by molar-refractivity contribution is 0.102. The highest BCUT2D eigenvalue weighted by molar-refractivity contribution is 6.06. The molecule has 2 aromatic carbocycles. The average Bonchev–Trinajstić information content (AvgIpc) is 3.33. The number of anilines is 3. The molecule has 1 aromatic heterocycles. The minimum absolute atomic E-state index is 0.157. The van der Waals surface area contributed by atoms with Gasteiger partial charge in [-0.2, -0.15) is 0 Å². The molecule has 3 aromatic rings. The summed E-state index contributed by atoms with van der Waals surface area (Å²) < 4.78 is 5.67. The lowest BCUT2D eigenvalue weighted by atomic mass is 10.1. The molecule has 4 N–H and O–H groups in total. The molecule has 0 radical (unpaired) electrons. The molecule has 2 amide bonds. The largest absolute Gasteiger partial charge is 0.444 e. The third-order valence-corrected chi connectivity index (χ3v) is 5.20. The van der Waals surface area contributed by atoms with Gasteiger partial charge in [0.15, 0.2) is 0 Å². The molecule has 1 atom stereocenters. The number of para-hydroxylation sites is 2. The van der Waals surface area contributed by atoms with Crippen LogP contribution in [0.3, 0.4) is 0 Å². The molecule has 8 heteroatoms. The number of carbonyl (C=O) groups excluding carboxylic acids is 2. The zero-order valence-corrected chi connectivity index (χ0v) is 17.5. The number of rotatable bonds is 6. The van der Waals surface area contributed by atoms with E-state index in [2.05, 4.69) is 15.6 Å². The highest BCUT2D eigenvalue weighted by Crippen LogP contribution is 2.22. The quantitative estimate of drug-likeness (QED) is 0.516. The zero-order valence-electron chi connectivity index (χ0n) is 17.5. The number of amides is 2. The summed E-state index contributed by atoms with van der Waals surface area (Å²) in [5.74, 6) is -0.287.